The molecule has 0 fully saturated rings. The molecule has 0 saturated heterocycles. The van der Waals surface area contributed by atoms with Crippen molar-refractivity contribution >= 4 is 52.5 Å². The summed E-state index contributed by atoms with van der Waals surface area (Å²) in [5.74, 6) is -1.96. The highest BCUT2D eigenvalue weighted by Crippen LogP contribution is 2.37. The van der Waals surface area contributed by atoms with Gasteiger partial charge < -0.3 is 15.7 Å². The molecule has 0 aromatic heterocycles. The highest BCUT2D eigenvalue weighted by molar-refractivity contribution is 8.00. The molecule has 8 heteroatoms. The molecule has 0 saturated carbocycles. The van der Waals surface area contributed by atoms with Gasteiger partial charge in [0.15, 0.2) is 0 Å². The fourth-order valence-corrected chi connectivity index (χ4v) is 4.78. The zero-order valence-corrected chi connectivity index (χ0v) is 20.4. The minimum atomic E-state index is -1.18. The van der Waals surface area contributed by atoms with Crippen LogP contribution >= 0.6 is 23.4 Å². The molecule has 3 N–H and O–H groups in total. The van der Waals surface area contributed by atoms with E-state index >= 15 is 0 Å². The van der Waals surface area contributed by atoms with Crippen molar-refractivity contribution in [2.75, 3.05) is 10.6 Å². The molecule has 1 atom stereocenters. The summed E-state index contributed by atoms with van der Waals surface area (Å²) in [6.07, 6.45) is 0. The molecule has 0 aliphatic heterocycles. The van der Waals surface area contributed by atoms with Gasteiger partial charge in [0.2, 0.25) is 5.91 Å². The Balaban J connectivity index is 1.57. The lowest BCUT2D eigenvalue weighted by molar-refractivity contribution is -0.115. The first-order valence-corrected chi connectivity index (χ1v) is 12.2. The molecular formula is C28H21ClN2O4S. The number of aromatic carboxylic acids is 1. The van der Waals surface area contributed by atoms with Crippen molar-refractivity contribution in [2.24, 2.45) is 0 Å². The van der Waals surface area contributed by atoms with Crippen LogP contribution in [0.15, 0.2) is 108 Å². The van der Waals surface area contributed by atoms with Crippen LogP contribution in [-0.4, -0.2) is 22.9 Å². The molecule has 4 aromatic carbocycles. The summed E-state index contributed by atoms with van der Waals surface area (Å²) in [5.41, 5.74) is 1.77. The van der Waals surface area contributed by atoms with E-state index in [1.807, 2.05) is 36.4 Å². The van der Waals surface area contributed by atoms with Crippen LogP contribution in [0.3, 0.4) is 0 Å². The molecule has 0 spiro atoms. The number of nitrogens with one attached hydrogen (secondary N) is 2. The molecular weight excluding hydrogens is 496 g/mol. The van der Waals surface area contributed by atoms with Gasteiger partial charge in [0.05, 0.1) is 21.8 Å². The number of benzene rings is 4. The van der Waals surface area contributed by atoms with Gasteiger partial charge in [-0.3, -0.25) is 9.59 Å². The van der Waals surface area contributed by atoms with Crippen molar-refractivity contribution in [1.82, 2.24) is 0 Å². The molecule has 0 aliphatic rings. The van der Waals surface area contributed by atoms with E-state index in [1.165, 1.54) is 23.9 Å². The van der Waals surface area contributed by atoms with Crippen LogP contribution in [0.25, 0.3) is 0 Å². The summed E-state index contributed by atoms with van der Waals surface area (Å²) in [6.45, 7) is 0. The molecule has 0 bridgehead atoms. The first-order valence-electron chi connectivity index (χ1n) is 10.9. The summed E-state index contributed by atoms with van der Waals surface area (Å²) in [6, 6.07) is 29.4. The third-order valence-electron chi connectivity index (χ3n) is 5.22. The number of anilines is 2. The van der Waals surface area contributed by atoms with Crippen molar-refractivity contribution in [3.8, 4) is 0 Å². The first kappa shape index (κ1) is 25.0. The normalized spacial score (nSPS) is 11.4. The fourth-order valence-electron chi connectivity index (χ4n) is 3.51. The monoisotopic (exact) mass is 516 g/mol. The Morgan fingerprint density at radius 1 is 0.750 bits per heavy atom. The molecule has 2 amide bonds. The van der Waals surface area contributed by atoms with E-state index in [2.05, 4.69) is 10.6 Å². The van der Waals surface area contributed by atoms with E-state index in [9.17, 15) is 19.5 Å². The highest BCUT2D eigenvalue weighted by atomic mass is 35.5. The number of amides is 2. The Morgan fingerprint density at radius 2 is 1.42 bits per heavy atom. The number of hydrogen-bond acceptors (Lipinski definition) is 4. The largest absolute Gasteiger partial charge is 0.478 e. The summed E-state index contributed by atoms with van der Waals surface area (Å²) >= 11 is 7.55. The van der Waals surface area contributed by atoms with Crippen molar-refractivity contribution in [3.63, 3.8) is 0 Å². The number of carboxylic acid groups (broad SMARTS) is 1. The maximum absolute atomic E-state index is 13.3. The van der Waals surface area contributed by atoms with Gasteiger partial charge in [-0.2, -0.15) is 0 Å². The molecule has 1 unspecified atom stereocenters. The summed E-state index contributed by atoms with van der Waals surface area (Å²) in [4.78, 5) is 38.3. The van der Waals surface area contributed by atoms with Gasteiger partial charge in [0, 0.05) is 10.6 Å². The smallest absolute Gasteiger partial charge is 0.336 e. The quantitative estimate of drug-likeness (QED) is 0.225. The van der Waals surface area contributed by atoms with Gasteiger partial charge in [0.1, 0.15) is 5.25 Å². The van der Waals surface area contributed by atoms with Crippen LogP contribution in [0.4, 0.5) is 11.4 Å². The lowest BCUT2D eigenvalue weighted by atomic mass is 10.1. The van der Waals surface area contributed by atoms with E-state index in [4.69, 9.17) is 11.6 Å². The molecule has 0 aliphatic carbocycles. The van der Waals surface area contributed by atoms with Crippen LogP contribution < -0.4 is 10.6 Å². The Kier molecular flexibility index (Phi) is 8.05. The van der Waals surface area contributed by atoms with Crippen LogP contribution in [-0.2, 0) is 4.79 Å². The molecule has 4 aromatic rings. The summed E-state index contributed by atoms with van der Waals surface area (Å²) < 4.78 is 0. The predicted molar refractivity (Wildman–Crippen MR) is 143 cm³/mol. The van der Waals surface area contributed by atoms with E-state index in [1.54, 1.807) is 54.6 Å². The maximum Gasteiger partial charge on any atom is 0.336 e. The van der Waals surface area contributed by atoms with Crippen molar-refractivity contribution in [1.29, 1.82) is 0 Å². The van der Waals surface area contributed by atoms with Crippen LogP contribution in [0.5, 0.6) is 0 Å². The molecule has 6 nitrogen and oxygen atoms in total. The van der Waals surface area contributed by atoms with Gasteiger partial charge in [-0.05, 0) is 48.0 Å². The average molecular weight is 517 g/mol. The average Bonchev–Trinajstić information content (AvgIpc) is 2.89. The van der Waals surface area contributed by atoms with Crippen LogP contribution in [0.1, 0.15) is 31.5 Å². The van der Waals surface area contributed by atoms with E-state index < -0.39 is 17.1 Å². The standard InChI is InChI=1S/C28H21ClN2O4S/c29-23-15-6-7-16-24(23)31-27(33)25(18-9-2-1-3-10-18)36-20-12-8-11-19(17-20)30-26(32)21-13-4-5-14-22(21)28(34)35/h1-17,25H,(H,30,32)(H,31,33)(H,34,35). The second-order valence-corrected chi connectivity index (χ2v) is 9.30. The summed E-state index contributed by atoms with van der Waals surface area (Å²) in [5, 5.41) is 14.9. The molecule has 4 rings (SSSR count). The Morgan fingerprint density at radius 3 is 2.14 bits per heavy atom. The predicted octanol–water partition coefficient (Wildman–Crippen LogP) is 6.76. The number of para-hydroxylation sites is 1. The van der Waals surface area contributed by atoms with Crippen molar-refractivity contribution < 1.29 is 19.5 Å². The Bertz CT molecular complexity index is 1410. The third kappa shape index (κ3) is 6.13. The molecule has 0 radical (unpaired) electrons. The SMILES string of the molecule is O=C(O)c1ccccc1C(=O)Nc1cccc(SC(C(=O)Nc2ccccc2Cl)c2ccccc2)c1. The number of thioether (sulfide) groups is 1. The number of carboxylic acids is 1. The topological polar surface area (TPSA) is 95.5 Å². The highest BCUT2D eigenvalue weighted by Gasteiger charge is 2.23. The minimum absolute atomic E-state index is 0.0596. The molecule has 36 heavy (non-hydrogen) atoms. The Hall–Kier alpha value is -4.07. The lowest BCUT2D eigenvalue weighted by Gasteiger charge is -2.18. The zero-order valence-electron chi connectivity index (χ0n) is 18.9. The molecule has 180 valence electrons. The summed E-state index contributed by atoms with van der Waals surface area (Å²) in [7, 11) is 0. The van der Waals surface area contributed by atoms with Gasteiger partial charge in [0.25, 0.3) is 5.91 Å². The van der Waals surface area contributed by atoms with Gasteiger partial charge in [-0.1, -0.05) is 72.3 Å². The lowest BCUT2D eigenvalue weighted by Crippen LogP contribution is -2.19. The van der Waals surface area contributed by atoms with Gasteiger partial charge >= 0.3 is 5.97 Å². The van der Waals surface area contributed by atoms with Crippen LogP contribution in [0, 0.1) is 0 Å². The zero-order chi connectivity index (χ0) is 25.5. The maximum atomic E-state index is 13.3. The minimum Gasteiger partial charge on any atom is -0.478 e. The number of halogens is 1. The number of rotatable bonds is 8. The molecule has 0 heterocycles. The van der Waals surface area contributed by atoms with Gasteiger partial charge in [-0.15, -0.1) is 11.8 Å². The van der Waals surface area contributed by atoms with Crippen molar-refractivity contribution in [3.05, 3.63) is 125 Å². The fraction of sp³-hybridized carbons (Fsp3) is 0.0357. The van der Waals surface area contributed by atoms with Crippen molar-refractivity contribution in [2.45, 2.75) is 10.1 Å². The number of carbonyl (C=O) groups is 3. The second-order valence-electron chi connectivity index (χ2n) is 7.71. The first-order chi connectivity index (χ1) is 17.4. The Labute approximate surface area is 217 Å². The van der Waals surface area contributed by atoms with E-state index in [-0.39, 0.29) is 17.0 Å². The van der Waals surface area contributed by atoms with E-state index in [0.717, 1.165) is 10.5 Å². The number of hydrogen-bond donors (Lipinski definition) is 3. The number of carbonyl (C=O) groups excluding carboxylic acids is 2. The van der Waals surface area contributed by atoms with Gasteiger partial charge in [-0.25, -0.2) is 4.79 Å². The third-order valence-corrected chi connectivity index (χ3v) is 6.80. The second kappa shape index (κ2) is 11.6. The van der Waals surface area contributed by atoms with E-state index in [0.29, 0.717) is 16.4 Å². The van der Waals surface area contributed by atoms with Crippen LogP contribution in [0.2, 0.25) is 5.02 Å².